The van der Waals surface area contributed by atoms with Gasteiger partial charge in [-0.3, -0.25) is 14.4 Å². The van der Waals surface area contributed by atoms with Gasteiger partial charge in [-0.25, -0.2) is 4.79 Å². The van der Waals surface area contributed by atoms with Gasteiger partial charge in [-0.05, 0) is 45.1 Å². The number of carbonyl (C=O) groups excluding carboxylic acids is 3. The molecule has 0 saturated carbocycles. The Labute approximate surface area is 178 Å². The number of amides is 3. The van der Waals surface area contributed by atoms with Crippen molar-refractivity contribution in [2.75, 3.05) is 13.1 Å². The van der Waals surface area contributed by atoms with E-state index in [-0.39, 0.29) is 11.8 Å². The number of likely N-dealkylation sites (tertiary alicyclic amines) is 1. The molecule has 7 N–H and O–H groups in total. The lowest BCUT2D eigenvalue weighted by atomic mass is 9.98. The second-order valence-corrected chi connectivity index (χ2v) is 8.02. The molecule has 172 valence electrons. The van der Waals surface area contributed by atoms with Gasteiger partial charge >= 0.3 is 5.97 Å². The van der Waals surface area contributed by atoms with Crippen LogP contribution >= 0.6 is 0 Å². The number of unbranched alkanes of at least 4 members (excludes halogenated alkanes) is 1. The van der Waals surface area contributed by atoms with Crippen molar-refractivity contribution in [1.82, 2.24) is 15.5 Å². The summed E-state index contributed by atoms with van der Waals surface area (Å²) in [7, 11) is 0. The van der Waals surface area contributed by atoms with Gasteiger partial charge in [0.25, 0.3) is 0 Å². The highest BCUT2D eigenvalue weighted by atomic mass is 16.4. The summed E-state index contributed by atoms with van der Waals surface area (Å²) in [4.78, 5) is 50.7. The zero-order valence-corrected chi connectivity index (χ0v) is 18.2. The van der Waals surface area contributed by atoms with E-state index >= 15 is 0 Å². The first-order valence-electron chi connectivity index (χ1n) is 10.7. The van der Waals surface area contributed by atoms with E-state index < -0.39 is 42.0 Å². The minimum absolute atomic E-state index is 0.240. The second-order valence-electron chi connectivity index (χ2n) is 8.02. The van der Waals surface area contributed by atoms with Crippen LogP contribution in [0.5, 0.6) is 0 Å². The lowest BCUT2D eigenvalue weighted by Gasteiger charge is -2.29. The van der Waals surface area contributed by atoms with Crippen LogP contribution in [0, 0.1) is 5.92 Å². The van der Waals surface area contributed by atoms with Crippen LogP contribution in [-0.4, -0.2) is 71.0 Å². The summed E-state index contributed by atoms with van der Waals surface area (Å²) in [5.74, 6) is -2.62. The van der Waals surface area contributed by atoms with Crippen molar-refractivity contribution in [3.05, 3.63) is 0 Å². The molecule has 0 aromatic rings. The number of rotatable bonds is 12. The Hall–Kier alpha value is -2.20. The smallest absolute Gasteiger partial charge is 0.326 e. The standard InChI is InChI=1S/C20H37N5O5/c1-4-12(2)16(20(29)30)24-18(27)15-9-7-11-25(15)19(28)13(3)23-17(26)14(22)8-5-6-10-21/h12-16H,4-11,21-22H2,1-3H3,(H,23,26)(H,24,27)(H,29,30). The van der Waals surface area contributed by atoms with Crippen molar-refractivity contribution >= 4 is 23.7 Å². The number of carboxylic acids is 1. The molecule has 0 aliphatic carbocycles. The SMILES string of the molecule is CCC(C)C(NC(=O)C1CCCN1C(=O)C(C)NC(=O)C(N)CCCCN)C(=O)O. The van der Waals surface area contributed by atoms with E-state index in [1.807, 2.05) is 6.92 Å². The Morgan fingerprint density at radius 1 is 1.17 bits per heavy atom. The highest BCUT2D eigenvalue weighted by molar-refractivity contribution is 5.94. The average molecular weight is 428 g/mol. The van der Waals surface area contributed by atoms with Gasteiger partial charge in [0.05, 0.1) is 6.04 Å². The summed E-state index contributed by atoms with van der Waals surface area (Å²) < 4.78 is 0. The molecule has 3 amide bonds. The van der Waals surface area contributed by atoms with Gasteiger partial charge in [0.1, 0.15) is 18.1 Å². The third-order valence-electron chi connectivity index (χ3n) is 5.65. The van der Waals surface area contributed by atoms with E-state index in [4.69, 9.17) is 11.5 Å². The van der Waals surface area contributed by atoms with Crippen molar-refractivity contribution in [2.45, 2.75) is 83.5 Å². The van der Waals surface area contributed by atoms with Crippen LogP contribution in [0.2, 0.25) is 0 Å². The number of nitrogens with zero attached hydrogens (tertiary/aromatic N) is 1. The minimum atomic E-state index is -1.10. The Morgan fingerprint density at radius 3 is 2.40 bits per heavy atom. The van der Waals surface area contributed by atoms with E-state index in [0.29, 0.717) is 38.8 Å². The molecule has 1 saturated heterocycles. The number of hydrogen-bond acceptors (Lipinski definition) is 6. The molecule has 1 aliphatic rings. The summed E-state index contributed by atoms with van der Waals surface area (Å²) in [6.07, 6.45) is 3.65. The highest BCUT2D eigenvalue weighted by Crippen LogP contribution is 2.20. The predicted octanol–water partition coefficient (Wildman–Crippen LogP) is -0.446. The molecule has 10 nitrogen and oxygen atoms in total. The first-order valence-corrected chi connectivity index (χ1v) is 10.7. The molecule has 0 bridgehead atoms. The van der Waals surface area contributed by atoms with Gasteiger partial charge in [0, 0.05) is 6.54 Å². The van der Waals surface area contributed by atoms with Crippen molar-refractivity contribution in [2.24, 2.45) is 17.4 Å². The molecule has 10 heteroatoms. The third kappa shape index (κ3) is 7.24. The van der Waals surface area contributed by atoms with Crippen LogP contribution < -0.4 is 22.1 Å². The van der Waals surface area contributed by atoms with Crippen LogP contribution in [0.4, 0.5) is 0 Å². The number of nitrogens with one attached hydrogen (secondary N) is 2. The van der Waals surface area contributed by atoms with Gasteiger partial charge in [-0.1, -0.05) is 26.7 Å². The molecule has 0 aromatic carbocycles. The maximum absolute atomic E-state index is 12.8. The quantitative estimate of drug-likeness (QED) is 0.263. The number of hydrogen-bond donors (Lipinski definition) is 5. The summed E-state index contributed by atoms with van der Waals surface area (Å²) >= 11 is 0. The Balaban J connectivity index is 2.70. The van der Waals surface area contributed by atoms with E-state index in [0.717, 1.165) is 12.8 Å². The lowest BCUT2D eigenvalue weighted by Crippen LogP contribution is -2.56. The molecule has 1 heterocycles. The van der Waals surface area contributed by atoms with Crippen LogP contribution in [0.25, 0.3) is 0 Å². The molecule has 1 fully saturated rings. The Bertz CT molecular complexity index is 614. The van der Waals surface area contributed by atoms with Crippen LogP contribution in [0.15, 0.2) is 0 Å². The Morgan fingerprint density at radius 2 is 1.83 bits per heavy atom. The van der Waals surface area contributed by atoms with E-state index in [1.54, 1.807) is 13.8 Å². The molecule has 1 aliphatic heterocycles. The fourth-order valence-electron chi connectivity index (χ4n) is 3.51. The molecular formula is C20H37N5O5. The second kappa shape index (κ2) is 12.5. The molecule has 0 aromatic heterocycles. The molecule has 5 unspecified atom stereocenters. The summed E-state index contributed by atoms with van der Waals surface area (Å²) in [5.41, 5.74) is 11.3. The summed E-state index contributed by atoms with van der Waals surface area (Å²) in [6.45, 7) is 6.07. The number of nitrogens with two attached hydrogens (primary N) is 2. The minimum Gasteiger partial charge on any atom is -0.480 e. The van der Waals surface area contributed by atoms with Gasteiger partial charge in [-0.15, -0.1) is 0 Å². The fourth-order valence-corrected chi connectivity index (χ4v) is 3.51. The monoisotopic (exact) mass is 427 g/mol. The molecule has 30 heavy (non-hydrogen) atoms. The van der Waals surface area contributed by atoms with E-state index in [1.165, 1.54) is 4.90 Å². The third-order valence-corrected chi connectivity index (χ3v) is 5.65. The summed E-state index contributed by atoms with van der Waals surface area (Å²) in [5, 5.41) is 14.6. The highest BCUT2D eigenvalue weighted by Gasteiger charge is 2.38. The zero-order valence-electron chi connectivity index (χ0n) is 18.2. The molecule has 1 rings (SSSR count). The molecule has 5 atom stereocenters. The van der Waals surface area contributed by atoms with Crippen molar-refractivity contribution in [3.63, 3.8) is 0 Å². The maximum Gasteiger partial charge on any atom is 0.326 e. The first-order chi connectivity index (χ1) is 14.1. The number of aliphatic carboxylic acids is 1. The topological polar surface area (TPSA) is 168 Å². The fraction of sp³-hybridized carbons (Fsp3) is 0.800. The number of carbonyl (C=O) groups is 4. The van der Waals surface area contributed by atoms with Crippen molar-refractivity contribution in [1.29, 1.82) is 0 Å². The van der Waals surface area contributed by atoms with Crippen LogP contribution in [-0.2, 0) is 19.2 Å². The first kappa shape index (κ1) is 25.8. The van der Waals surface area contributed by atoms with Crippen LogP contribution in [0.1, 0.15) is 59.3 Å². The van der Waals surface area contributed by atoms with Crippen LogP contribution in [0.3, 0.4) is 0 Å². The van der Waals surface area contributed by atoms with Crippen molar-refractivity contribution < 1.29 is 24.3 Å². The molecular weight excluding hydrogens is 390 g/mol. The molecule has 0 radical (unpaired) electrons. The van der Waals surface area contributed by atoms with E-state index in [2.05, 4.69) is 10.6 Å². The average Bonchev–Trinajstić information content (AvgIpc) is 3.20. The number of carboxylic acid groups (broad SMARTS) is 1. The molecule has 0 spiro atoms. The van der Waals surface area contributed by atoms with E-state index in [9.17, 15) is 24.3 Å². The van der Waals surface area contributed by atoms with Gasteiger partial charge < -0.3 is 32.1 Å². The van der Waals surface area contributed by atoms with Crippen molar-refractivity contribution in [3.8, 4) is 0 Å². The largest absolute Gasteiger partial charge is 0.480 e. The van der Waals surface area contributed by atoms with Gasteiger partial charge in [0.2, 0.25) is 17.7 Å². The predicted molar refractivity (Wildman–Crippen MR) is 112 cm³/mol. The zero-order chi connectivity index (χ0) is 22.8. The maximum atomic E-state index is 12.8. The summed E-state index contributed by atoms with van der Waals surface area (Å²) in [6, 6.07) is -3.32. The normalized spacial score (nSPS) is 20.2. The van der Waals surface area contributed by atoms with Gasteiger partial charge in [0.15, 0.2) is 0 Å². The van der Waals surface area contributed by atoms with Gasteiger partial charge in [-0.2, -0.15) is 0 Å². The Kier molecular flexibility index (Phi) is 10.8. The lowest BCUT2D eigenvalue weighted by molar-refractivity contribution is -0.145.